The van der Waals surface area contributed by atoms with E-state index in [4.69, 9.17) is 0 Å². The summed E-state index contributed by atoms with van der Waals surface area (Å²) in [4.78, 5) is 15.7. The Kier molecular flexibility index (Phi) is 4.48. The molecule has 0 aliphatic carbocycles. The lowest BCUT2D eigenvalue weighted by Gasteiger charge is -2.08. The van der Waals surface area contributed by atoms with Crippen molar-refractivity contribution in [3.05, 3.63) is 25.9 Å². The molecular formula is C9H13IN2O3S. The van der Waals surface area contributed by atoms with Gasteiger partial charge < -0.3 is 0 Å². The first-order valence-electron chi connectivity index (χ1n) is 4.79. The fraction of sp³-hybridized carbons (Fsp3) is 0.556. The summed E-state index contributed by atoms with van der Waals surface area (Å²) in [5.74, 6) is 0.612. The molecule has 1 rings (SSSR count). The highest BCUT2D eigenvalue weighted by molar-refractivity contribution is 14.1. The van der Waals surface area contributed by atoms with Crippen LogP contribution in [-0.4, -0.2) is 29.5 Å². The second-order valence-corrected chi connectivity index (χ2v) is 6.98. The highest BCUT2D eigenvalue weighted by Crippen LogP contribution is 1.99. The molecule has 0 amide bonds. The topological polar surface area (TPSA) is 69.0 Å². The van der Waals surface area contributed by atoms with E-state index in [1.54, 1.807) is 13.8 Å². The zero-order valence-corrected chi connectivity index (χ0v) is 12.1. The Morgan fingerprint density at radius 2 is 2.12 bits per heavy atom. The Morgan fingerprint density at radius 1 is 1.50 bits per heavy atom. The molecule has 0 unspecified atom stereocenters. The predicted octanol–water partition coefficient (Wildman–Crippen LogP) is 0.591. The van der Waals surface area contributed by atoms with Crippen molar-refractivity contribution in [3.8, 4) is 0 Å². The minimum atomic E-state index is -3.05. The molecule has 0 radical (unpaired) electrons. The van der Waals surface area contributed by atoms with Gasteiger partial charge in [-0.2, -0.15) is 0 Å². The second kappa shape index (κ2) is 5.26. The van der Waals surface area contributed by atoms with Gasteiger partial charge in [-0.1, -0.05) is 6.92 Å². The van der Waals surface area contributed by atoms with E-state index in [1.165, 1.54) is 10.8 Å². The third-order valence-electron chi connectivity index (χ3n) is 2.27. The predicted molar refractivity (Wildman–Crippen MR) is 70.3 cm³/mol. The SMILES string of the molecule is CCS(=O)(=O)CCn1c(C)ncc(I)c1=O. The monoisotopic (exact) mass is 356 g/mol. The largest absolute Gasteiger partial charge is 0.295 e. The number of hydrogen-bond acceptors (Lipinski definition) is 4. The Hall–Kier alpha value is -0.440. The van der Waals surface area contributed by atoms with Gasteiger partial charge in [0.15, 0.2) is 9.84 Å². The molecule has 0 N–H and O–H groups in total. The second-order valence-electron chi connectivity index (χ2n) is 3.35. The number of aromatic nitrogens is 2. The quantitative estimate of drug-likeness (QED) is 0.741. The summed E-state index contributed by atoms with van der Waals surface area (Å²) in [5, 5.41) is 0. The van der Waals surface area contributed by atoms with Crippen molar-refractivity contribution in [2.45, 2.75) is 20.4 Å². The molecule has 7 heteroatoms. The zero-order valence-electron chi connectivity index (χ0n) is 9.10. The maximum Gasteiger partial charge on any atom is 0.266 e. The lowest BCUT2D eigenvalue weighted by molar-refractivity contribution is 0.584. The van der Waals surface area contributed by atoms with Crippen molar-refractivity contribution < 1.29 is 8.42 Å². The average Bonchev–Trinajstić information content (AvgIpc) is 2.24. The van der Waals surface area contributed by atoms with Crippen LogP contribution >= 0.6 is 22.6 Å². The summed E-state index contributed by atoms with van der Waals surface area (Å²) in [7, 11) is -3.05. The van der Waals surface area contributed by atoms with Crippen LogP contribution in [0.1, 0.15) is 12.7 Å². The number of rotatable bonds is 4. The molecule has 0 atom stereocenters. The van der Waals surface area contributed by atoms with Crippen LogP contribution in [0.15, 0.2) is 11.0 Å². The molecule has 0 saturated heterocycles. The molecule has 1 aromatic heterocycles. The number of sulfone groups is 1. The zero-order chi connectivity index (χ0) is 12.3. The van der Waals surface area contributed by atoms with Crippen LogP contribution in [0.2, 0.25) is 0 Å². The van der Waals surface area contributed by atoms with Gasteiger partial charge in [-0.25, -0.2) is 13.4 Å². The van der Waals surface area contributed by atoms with Gasteiger partial charge in [-0.05, 0) is 29.5 Å². The van der Waals surface area contributed by atoms with E-state index in [9.17, 15) is 13.2 Å². The highest BCUT2D eigenvalue weighted by Gasteiger charge is 2.11. The molecule has 0 aliphatic rings. The molecule has 16 heavy (non-hydrogen) atoms. The van der Waals surface area contributed by atoms with Crippen LogP contribution in [0.5, 0.6) is 0 Å². The van der Waals surface area contributed by atoms with E-state index in [2.05, 4.69) is 4.98 Å². The van der Waals surface area contributed by atoms with Crippen molar-refractivity contribution in [1.29, 1.82) is 0 Å². The molecule has 5 nitrogen and oxygen atoms in total. The fourth-order valence-corrected chi connectivity index (χ4v) is 2.37. The molecule has 0 spiro atoms. The van der Waals surface area contributed by atoms with E-state index in [0.717, 1.165) is 0 Å². The minimum Gasteiger partial charge on any atom is -0.295 e. The third kappa shape index (κ3) is 3.27. The van der Waals surface area contributed by atoms with Gasteiger partial charge in [0.05, 0.1) is 9.32 Å². The van der Waals surface area contributed by atoms with E-state index < -0.39 is 9.84 Å². The first-order chi connectivity index (χ1) is 7.37. The van der Waals surface area contributed by atoms with Gasteiger partial charge in [-0.15, -0.1) is 0 Å². The van der Waals surface area contributed by atoms with E-state index in [-0.39, 0.29) is 23.6 Å². The van der Waals surface area contributed by atoms with Crippen molar-refractivity contribution in [2.75, 3.05) is 11.5 Å². The van der Waals surface area contributed by atoms with Crippen LogP contribution in [0.25, 0.3) is 0 Å². The molecule has 0 fully saturated rings. The normalized spacial score (nSPS) is 11.7. The summed E-state index contributed by atoms with van der Waals surface area (Å²) in [6.07, 6.45) is 1.49. The molecule has 1 aromatic rings. The fourth-order valence-electron chi connectivity index (χ4n) is 1.19. The van der Waals surface area contributed by atoms with Crippen molar-refractivity contribution >= 4 is 32.4 Å². The Bertz CT molecular complexity index is 536. The Morgan fingerprint density at radius 3 is 2.69 bits per heavy atom. The Labute approximate surface area is 108 Å². The maximum absolute atomic E-state index is 11.7. The summed E-state index contributed by atoms with van der Waals surface area (Å²) >= 11 is 1.89. The standard InChI is InChI=1S/C9H13IN2O3S/c1-3-16(14,15)5-4-12-7(2)11-6-8(10)9(12)13/h6H,3-5H2,1-2H3. The van der Waals surface area contributed by atoms with Gasteiger partial charge in [-0.3, -0.25) is 9.36 Å². The van der Waals surface area contributed by atoms with E-state index >= 15 is 0 Å². The lowest BCUT2D eigenvalue weighted by atomic mass is 10.5. The molecule has 0 bridgehead atoms. The number of halogens is 1. The first kappa shape index (κ1) is 13.6. The molecule has 0 aromatic carbocycles. The van der Waals surface area contributed by atoms with Crippen LogP contribution in [0.3, 0.4) is 0 Å². The van der Waals surface area contributed by atoms with Gasteiger partial charge >= 0.3 is 0 Å². The van der Waals surface area contributed by atoms with Crippen LogP contribution in [0.4, 0.5) is 0 Å². The minimum absolute atomic E-state index is 0.0218. The van der Waals surface area contributed by atoms with Crippen LogP contribution in [-0.2, 0) is 16.4 Å². The number of hydrogen-bond donors (Lipinski definition) is 0. The van der Waals surface area contributed by atoms with Gasteiger partial charge in [0, 0.05) is 18.5 Å². The van der Waals surface area contributed by atoms with Gasteiger partial charge in [0.2, 0.25) is 0 Å². The molecule has 0 saturated carbocycles. The van der Waals surface area contributed by atoms with E-state index in [1.807, 2.05) is 22.6 Å². The summed E-state index contributed by atoms with van der Waals surface area (Å²) in [6, 6.07) is 0. The molecule has 1 heterocycles. The molecule has 0 aliphatic heterocycles. The van der Waals surface area contributed by atoms with Crippen LogP contribution in [0, 0.1) is 10.5 Å². The summed E-state index contributed by atoms with van der Waals surface area (Å²) in [5.41, 5.74) is -0.181. The van der Waals surface area contributed by atoms with Crippen molar-refractivity contribution in [3.63, 3.8) is 0 Å². The van der Waals surface area contributed by atoms with Gasteiger partial charge in [0.1, 0.15) is 5.82 Å². The number of aryl methyl sites for hydroxylation is 1. The lowest BCUT2D eigenvalue weighted by Crippen LogP contribution is -2.28. The molecular weight excluding hydrogens is 343 g/mol. The average molecular weight is 356 g/mol. The van der Waals surface area contributed by atoms with Crippen molar-refractivity contribution in [1.82, 2.24) is 9.55 Å². The number of nitrogens with zero attached hydrogens (tertiary/aromatic N) is 2. The first-order valence-corrected chi connectivity index (χ1v) is 7.69. The summed E-state index contributed by atoms with van der Waals surface area (Å²) in [6.45, 7) is 3.46. The Balaban J connectivity index is 2.99. The summed E-state index contributed by atoms with van der Waals surface area (Å²) < 4.78 is 24.6. The van der Waals surface area contributed by atoms with Crippen molar-refractivity contribution in [2.24, 2.45) is 0 Å². The maximum atomic E-state index is 11.7. The van der Waals surface area contributed by atoms with Gasteiger partial charge in [0.25, 0.3) is 5.56 Å². The molecule has 90 valence electrons. The van der Waals surface area contributed by atoms with E-state index in [0.29, 0.717) is 9.39 Å². The highest BCUT2D eigenvalue weighted by atomic mass is 127. The van der Waals surface area contributed by atoms with Crippen LogP contribution < -0.4 is 5.56 Å². The smallest absolute Gasteiger partial charge is 0.266 e. The third-order valence-corrected chi connectivity index (χ3v) is 4.69.